The quantitative estimate of drug-likeness (QED) is 0.549. The fourth-order valence-corrected chi connectivity index (χ4v) is 3.35. The summed E-state index contributed by atoms with van der Waals surface area (Å²) in [6, 6.07) is 1.88. The first-order valence-corrected chi connectivity index (χ1v) is 8.52. The van der Waals surface area contributed by atoms with E-state index in [-0.39, 0.29) is 24.7 Å². The molecule has 5 nitrogen and oxygen atoms in total. The van der Waals surface area contributed by atoms with Crippen molar-refractivity contribution in [2.75, 3.05) is 11.5 Å². The second-order valence-corrected chi connectivity index (χ2v) is 7.41. The molecule has 19 heavy (non-hydrogen) atoms. The molecule has 0 amide bonds. The van der Waals surface area contributed by atoms with Gasteiger partial charge in [0.1, 0.15) is 11.9 Å². The van der Waals surface area contributed by atoms with Gasteiger partial charge in [0.15, 0.2) is 9.84 Å². The molecule has 0 spiro atoms. The van der Waals surface area contributed by atoms with Crippen molar-refractivity contribution >= 4 is 15.8 Å². The Labute approximate surface area is 114 Å². The Morgan fingerprint density at radius 1 is 1.32 bits per heavy atom. The molecule has 0 N–H and O–H groups in total. The van der Waals surface area contributed by atoms with Crippen molar-refractivity contribution in [2.45, 2.75) is 51.6 Å². The van der Waals surface area contributed by atoms with Gasteiger partial charge >= 0.3 is 5.97 Å². The lowest BCUT2D eigenvalue weighted by atomic mass is 9.89. The summed E-state index contributed by atoms with van der Waals surface area (Å²) in [5.74, 6) is -0.692. The minimum absolute atomic E-state index is 0.127. The molecule has 0 heterocycles. The van der Waals surface area contributed by atoms with Crippen LogP contribution in [0, 0.1) is 17.2 Å². The Kier molecular flexibility index (Phi) is 6.29. The summed E-state index contributed by atoms with van der Waals surface area (Å²) < 4.78 is 28.4. The molecule has 1 aliphatic carbocycles. The van der Waals surface area contributed by atoms with Crippen LogP contribution in [-0.4, -0.2) is 32.0 Å². The Morgan fingerprint density at radius 2 is 1.95 bits per heavy atom. The zero-order valence-corrected chi connectivity index (χ0v) is 12.1. The van der Waals surface area contributed by atoms with Crippen LogP contribution in [-0.2, 0) is 19.4 Å². The van der Waals surface area contributed by atoms with Crippen molar-refractivity contribution in [1.82, 2.24) is 0 Å². The number of carbonyl (C=O) groups is 1. The topological polar surface area (TPSA) is 84.2 Å². The molecule has 0 bridgehead atoms. The molecule has 1 rings (SSSR count). The number of sulfone groups is 1. The fourth-order valence-electron chi connectivity index (χ4n) is 2.19. The number of hydrogen-bond acceptors (Lipinski definition) is 5. The van der Waals surface area contributed by atoms with Crippen LogP contribution in [0.3, 0.4) is 0 Å². The van der Waals surface area contributed by atoms with E-state index in [4.69, 9.17) is 10.00 Å². The van der Waals surface area contributed by atoms with Gasteiger partial charge in [0.25, 0.3) is 0 Å². The third-order valence-electron chi connectivity index (χ3n) is 3.34. The van der Waals surface area contributed by atoms with E-state index in [0.29, 0.717) is 5.92 Å². The van der Waals surface area contributed by atoms with E-state index in [1.807, 2.05) is 6.07 Å². The monoisotopic (exact) mass is 287 g/mol. The highest BCUT2D eigenvalue weighted by Gasteiger charge is 2.24. The average molecular weight is 287 g/mol. The third kappa shape index (κ3) is 6.58. The van der Waals surface area contributed by atoms with Gasteiger partial charge in [-0.1, -0.05) is 6.92 Å². The summed E-state index contributed by atoms with van der Waals surface area (Å²) in [4.78, 5) is 11.6. The molecule has 1 saturated carbocycles. The van der Waals surface area contributed by atoms with Gasteiger partial charge in [-0.15, -0.1) is 0 Å². The molecular weight excluding hydrogens is 266 g/mol. The Bertz CT molecular complexity index is 430. The number of esters is 1. The van der Waals surface area contributed by atoms with Crippen LogP contribution in [0.25, 0.3) is 0 Å². The molecule has 0 radical (unpaired) electrons. The summed E-state index contributed by atoms with van der Waals surface area (Å²) in [7, 11) is -3.44. The number of nitriles is 1. The smallest absolute Gasteiger partial charge is 0.321 e. The van der Waals surface area contributed by atoms with Crippen LogP contribution in [0.15, 0.2) is 0 Å². The van der Waals surface area contributed by atoms with Crippen molar-refractivity contribution in [3.05, 3.63) is 0 Å². The summed E-state index contributed by atoms with van der Waals surface area (Å²) in [5, 5.41) is 8.35. The van der Waals surface area contributed by atoms with E-state index in [1.165, 1.54) is 0 Å². The predicted octanol–water partition coefficient (Wildman–Crippen LogP) is 1.83. The van der Waals surface area contributed by atoms with Gasteiger partial charge in [-0.25, -0.2) is 8.42 Å². The Hall–Kier alpha value is -1.09. The highest BCUT2D eigenvalue weighted by atomic mass is 32.2. The average Bonchev–Trinajstić information content (AvgIpc) is 2.31. The van der Waals surface area contributed by atoms with Crippen molar-refractivity contribution in [1.29, 1.82) is 5.26 Å². The van der Waals surface area contributed by atoms with Gasteiger partial charge in [-0.3, -0.25) is 4.79 Å². The summed E-state index contributed by atoms with van der Waals surface area (Å²) in [5.41, 5.74) is 0. The van der Waals surface area contributed by atoms with Crippen LogP contribution < -0.4 is 0 Å². The number of ether oxygens (including phenoxy) is 1. The number of carbonyl (C=O) groups excluding carboxylic acids is 1. The van der Waals surface area contributed by atoms with Gasteiger partial charge in [0.2, 0.25) is 0 Å². The van der Waals surface area contributed by atoms with Crippen LogP contribution in [0.1, 0.15) is 45.4 Å². The second-order valence-electron chi connectivity index (χ2n) is 5.23. The van der Waals surface area contributed by atoms with E-state index in [2.05, 4.69) is 6.92 Å². The predicted molar refractivity (Wildman–Crippen MR) is 71.0 cm³/mol. The van der Waals surface area contributed by atoms with E-state index in [0.717, 1.165) is 25.7 Å². The highest BCUT2D eigenvalue weighted by molar-refractivity contribution is 7.92. The van der Waals surface area contributed by atoms with E-state index >= 15 is 0 Å². The summed E-state index contributed by atoms with van der Waals surface area (Å²) >= 11 is 0. The van der Waals surface area contributed by atoms with E-state index in [9.17, 15) is 13.2 Å². The number of hydrogen-bond donors (Lipinski definition) is 0. The first kappa shape index (κ1) is 16.0. The lowest BCUT2D eigenvalue weighted by Crippen LogP contribution is -2.28. The van der Waals surface area contributed by atoms with Gasteiger partial charge < -0.3 is 4.74 Å². The first-order valence-electron chi connectivity index (χ1n) is 6.70. The molecule has 0 atom stereocenters. The maximum absolute atomic E-state index is 11.6. The number of rotatable bonds is 6. The maximum Gasteiger partial charge on any atom is 0.321 e. The fraction of sp³-hybridized carbons (Fsp3) is 0.846. The largest absolute Gasteiger partial charge is 0.462 e. The maximum atomic E-state index is 11.6. The third-order valence-corrected chi connectivity index (χ3v) is 4.93. The van der Waals surface area contributed by atoms with Crippen LogP contribution in [0.5, 0.6) is 0 Å². The van der Waals surface area contributed by atoms with Gasteiger partial charge in [0.05, 0.1) is 11.8 Å². The minimum Gasteiger partial charge on any atom is -0.462 e. The molecule has 0 aromatic rings. The van der Waals surface area contributed by atoms with Gasteiger partial charge in [-0.2, -0.15) is 5.26 Å². The van der Waals surface area contributed by atoms with Gasteiger partial charge in [-0.05, 0) is 38.0 Å². The zero-order chi connectivity index (χ0) is 14.3. The lowest BCUT2D eigenvalue weighted by molar-refractivity contribution is -0.147. The first-order chi connectivity index (χ1) is 8.93. The van der Waals surface area contributed by atoms with Crippen LogP contribution >= 0.6 is 0 Å². The molecule has 0 saturated heterocycles. The van der Waals surface area contributed by atoms with Crippen LogP contribution in [0.2, 0.25) is 0 Å². The molecule has 108 valence electrons. The normalized spacial score (nSPS) is 23.6. The molecule has 1 aliphatic rings. The van der Waals surface area contributed by atoms with Crippen molar-refractivity contribution < 1.29 is 17.9 Å². The minimum atomic E-state index is -3.44. The Morgan fingerprint density at radius 3 is 2.53 bits per heavy atom. The lowest BCUT2D eigenvalue weighted by Gasteiger charge is -2.25. The Balaban J connectivity index is 2.32. The summed E-state index contributed by atoms with van der Waals surface area (Å²) in [6.45, 7) is 2.16. The van der Waals surface area contributed by atoms with Crippen LogP contribution in [0.4, 0.5) is 0 Å². The molecule has 1 fully saturated rings. The molecule has 0 unspecified atom stereocenters. The van der Waals surface area contributed by atoms with Crippen molar-refractivity contribution in [2.24, 2.45) is 5.92 Å². The molecule has 0 aliphatic heterocycles. The molecule has 6 heteroatoms. The molecular formula is C13H21NO4S. The molecule has 0 aromatic heterocycles. The second kappa shape index (κ2) is 7.49. The number of unbranched alkanes of at least 4 members (excludes halogenated alkanes) is 1. The van der Waals surface area contributed by atoms with Crippen molar-refractivity contribution in [3.8, 4) is 6.07 Å². The van der Waals surface area contributed by atoms with Crippen molar-refractivity contribution in [3.63, 3.8) is 0 Å². The zero-order valence-electron chi connectivity index (χ0n) is 11.3. The molecule has 0 aromatic carbocycles. The van der Waals surface area contributed by atoms with E-state index in [1.54, 1.807) is 0 Å². The van der Waals surface area contributed by atoms with E-state index < -0.39 is 21.6 Å². The number of nitrogens with zero attached hydrogens (tertiary/aromatic N) is 1. The van der Waals surface area contributed by atoms with Gasteiger partial charge in [0, 0.05) is 6.42 Å². The summed E-state index contributed by atoms with van der Waals surface area (Å²) in [6.07, 6.45) is 4.02. The highest BCUT2D eigenvalue weighted by Crippen LogP contribution is 2.25. The standard InChI is InChI=1S/C13H21NO4S/c1-11-4-6-12(7-5-11)18-13(15)10-19(16,17)9-3-2-8-14/h11-12H,2-7,9-10H2,1H3. The SMILES string of the molecule is CC1CCC(OC(=O)CS(=O)(=O)CCCC#N)CC1.